The third kappa shape index (κ3) is 4.95. The molecule has 114 valence electrons. The molecular formula is C16H23N3O2. The van der Waals surface area contributed by atoms with Gasteiger partial charge >= 0.3 is 0 Å². The Morgan fingerprint density at radius 1 is 1.24 bits per heavy atom. The van der Waals surface area contributed by atoms with Gasteiger partial charge in [0.15, 0.2) is 5.82 Å². The minimum absolute atomic E-state index is 0.180. The van der Waals surface area contributed by atoms with Crippen molar-refractivity contribution in [3.63, 3.8) is 0 Å². The summed E-state index contributed by atoms with van der Waals surface area (Å²) < 4.78 is 5.26. The summed E-state index contributed by atoms with van der Waals surface area (Å²) in [4.78, 5) is 4.39. The predicted molar refractivity (Wildman–Crippen MR) is 80.7 cm³/mol. The maximum absolute atomic E-state index is 9.06. The molecule has 0 amide bonds. The summed E-state index contributed by atoms with van der Waals surface area (Å²) in [5, 5.41) is 16.4. The number of benzene rings is 1. The molecule has 2 N–H and O–H groups in total. The molecule has 21 heavy (non-hydrogen) atoms. The third-order valence-corrected chi connectivity index (χ3v) is 3.48. The Kier molecular flexibility index (Phi) is 5.90. The summed E-state index contributed by atoms with van der Waals surface area (Å²) in [6.07, 6.45) is 1.40. The van der Waals surface area contributed by atoms with Gasteiger partial charge in [-0.25, -0.2) is 0 Å². The molecule has 1 heterocycles. The molecule has 5 nitrogen and oxygen atoms in total. The highest BCUT2D eigenvalue weighted by Gasteiger charge is 2.14. The Labute approximate surface area is 125 Å². The van der Waals surface area contributed by atoms with E-state index in [1.807, 2.05) is 30.3 Å². The lowest BCUT2D eigenvalue weighted by atomic mass is 10.0. The van der Waals surface area contributed by atoms with Gasteiger partial charge in [-0.05, 0) is 17.9 Å². The van der Waals surface area contributed by atoms with Crippen LogP contribution in [0.5, 0.6) is 0 Å². The van der Waals surface area contributed by atoms with Crippen LogP contribution in [0, 0.1) is 5.92 Å². The van der Waals surface area contributed by atoms with Gasteiger partial charge in [0.05, 0.1) is 6.54 Å². The fourth-order valence-corrected chi connectivity index (χ4v) is 2.24. The highest BCUT2D eigenvalue weighted by atomic mass is 16.5. The largest absolute Gasteiger partial charge is 0.396 e. The summed E-state index contributed by atoms with van der Waals surface area (Å²) in [7, 11) is 0. The first kappa shape index (κ1) is 15.7. The van der Waals surface area contributed by atoms with Crippen LogP contribution in [0.1, 0.15) is 37.5 Å². The van der Waals surface area contributed by atoms with Crippen molar-refractivity contribution < 1.29 is 9.63 Å². The van der Waals surface area contributed by atoms with Crippen molar-refractivity contribution in [2.75, 3.05) is 6.61 Å². The van der Waals surface area contributed by atoms with E-state index in [1.54, 1.807) is 0 Å². The number of hydrogen-bond acceptors (Lipinski definition) is 5. The minimum Gasteiger partial charge on any atom is -0.396 e. The lowest BCUT2D eigenvalue weighted by molar-refractivity contribution is 0.238. The number of aliphatic hydroxyl groups excluding tert-OH is 1. The number of aliphatic hydroxyl groups is 1. The van der Waals surface area contributed by atoms with Gasteiger partial charge in [0, 0.05) is 19.1 Å². The zero-order valence-corrected chi connectivity index (χ0v) is 12.6. The second kappa shape index (κ2) is 7.90. The third-order valence-electron chi connectivity index (χ3n) is 3.48. The standard InChI is InChI=1S/C16H23N3O2/c1-12(2)14(8-9-20)17-11-16-18-15(19-21-16)10-13-6-4-3-5-7-13/h3-7,12,14,17,20H,8-11H2,1-2H3. The Bertz CT molecular complexity index is 525. The summed E-state index contributed by atoms with van der Waals surface area (Å²) in [6.45, 7) is 4.97. The van der Waals surface area contributed by atoms with Gasteiger partial charge < -0.3 is 14.9 Å². The molecule has 1 aromatic heterocycles. The van der Waals surface area contributed by atoms with Crippen molar-refractivity contribution in [1.29, 1.82) is 0 Å². The van der Waals surface area contributed by atoms with E-state index in [0.717, 1.165) is 12.0 Å². The molecule has 0 bridgehead atoms. The molecule has 5 heteroatoms. The van der Waals surface area contributed by atoms with Crippen LogP contribution in [-0.4, -0.2) is 27.9 Å². The molecular weight excluding hydrogens is 266 g/mol. The van der Waals surface area contributed by atoms with Crippen molar-refractivity contribution in [2.45, 2.75) is 39.3 Å². The number of nitrogens with zero attached hydrogens (tertiary/aromatic N) is 2. The monoisotopic (exact) mass is 289 g/mol. The van der Waals surface area contributed by atoms with E-state index in [1.165, 1.54) is 0 Å². The normalized spacial score (nSPS) is 12.8. The lowest BCUT2D eigenvalue weighted by Gasteiger charge is -2.20. The first-order valence-corrected chi connectivity index (χ1v) is 7.38. The highest BCUT2D eigenvalue weighted by molar-refractivity contribution is 5.18. The van der Waals surface area contributed by atoms with Crippen LogP contribution in [0.15, 0.2) is 34.9 Å². The van der Waals surface area contributed by atoms with Crippen LogP contribution in [-0.2, 0) is 13.0 Å². The summed E-state index contributed by atoms with van der Waals surface area (Å²) >= 11 is 0. The van der Waals surface area contributed by atoms with Gasteiger partial charge in [0.25, 0.3) is 0 Å². The predicted octanol–water partition coefficient (Wildman–Crippen LogP) is 2.16. The molecule has 0 saturated carbocycles. The average Bonchev–Trinajstić information content (AvgIpc) is 2.92. The zero-order valence-electron chi connectivity index (χ0n) is 12.6. The quantitative estimate of drug-likeness (QED) is 0.779. The average molecular weight is 289 g/mol. The molecule has 1 atom stereocenters. The highest BCUT2D eigenvalue weighted by Crippen LogP contribution is 2.09. The molecule has 0 fully saturated rings. The Morgan fingerprint density at radius 2 is 2.00 bits per heavy atom. The Balaban J connectivity index is 1.88. The van der Waals surface area contributed by atoms with E-state index in [4.69, 9.17) is 9.63 Å². The first-order valence-electron chi connectivity index (χ1n) is 7.38. The van der Waals surface area contributed by atoms with Gasteiger partial charge in [0.2, 0.25) is 5.89 Å². The van der Waals surface area contributed by atoms with Gasteiger partial charge in [-0.15, -0.1) is 0 Å². The topological polar surface area (TPSA) is 71.2 Å². The first-order chi connectivity index (χ1) is 10.2. The van der Waals surface area contributed by atoms with Crippen molar-refractivity contribution in [1.82, 2.24) is 15.5 Å². The van der Waals surface area contributed by atoms with Crippen LogP contribution in [0.4, 0.5) is 0 Å². The van der Waals surface area contributed by atoms with E-state index < -0.39 is 0 Å². The zero-order chi connectivity index (χ0) is 15.1. The minimum atomic E-state index is 0.180. The fourth-order valence-electron chi connectivity index (χ4n) is 2.24. The summed E-state index contributed by atoms with van der Waals surface area (Å²) in [6, 6.07) is 10.3. The van der Waals surface area contributed by atoms with E-state index in [2.05, 4.69) is 29.3 Å². The SMILES string of the molecule is CC(C)C(CCO)NCc1nc(Cc2ccccc2)no1. The summed E-state index contributed by atoms with van der Waals surface area (Å²) in [5.41, 5.74) is 1.16. The number of hydrogen-bond donors (Lipinski definition) is 2. The smallest absolute Gasteiger partial charge is 0.240 e. The summed E-state index contributed by atoms with van der Waals surface area (Å²) in [5.74, 6) is 1.73. The van der Waals surface area contributed by atoms with E-state index >= 15 is 0 Å². The van der Waals surface area contributed by atoms with Crippen LogP contribution >= 0.6 is 0 Å². The molecule has 1 unspecified atom stereocenters. The molecule has 0 aliphatic heterocycles. The van der Waals surface area contributed by atoms with Crippen molar-refractivity contribution in [3.05, 3.63) is 47.6 Å². The molecule has 1 aromatic carbocycles. The lowest BCUT2D eigenvalue weighted by Crippen LogP contribution is -2.34. The molecule has 0 aliphatic carbocycles. The molecule has 0 radical (unpaired) electrons. The Morgan fingerprint density at radius 3 is 2.67 bits per heavy atom. The van der Waals surface area contributed by atoms with Gasteiger partial charge in [-0.2, -0.15) is 4.98 Å². The van der Waals surface area contributed by atoms with Crippen LogP contribution < -0.4 is 5.32 Å². The molecule has 2 rings (SSSR count). The van der Waals surface area contributed by atoms with Crippen molar-refractivity contribution >= 4 is 0 Å². The molecule has 0 aliphatic rings. The van der Waals surface area contributed by atoms with Gasteiger partial charge in [0.1, 0.15) is 0 Å². The molecule has 2 aromatic rings. The van der Waals surface area contributed by atoms with Crippen molar-refractivity contribution in [3.8, 4) is 0 Å². The number of aromatic nitrogens is 2. The van der Waals surface area contributed by atoms with Crippen molar-refractivity contribution in [2.24, 2.45) is 5.92 Å². The van der Waals surface area contributed by atoms with Crippen LogP contribution in [0.25, 0.3) is 0 Å². The van der Waals surface area contributed by atoms with E-state index in [-0.39, 0.29) is 12.6 Å². The van der Waals surface area contributed by atoms with Gasteiger partial charge in [-0.1, -0.05) is 49.3 Å². The van der Waals surface area contributed by atoms with Crippen LogP contribution in [0.3, 0.4) is 0 Å². The van der Waals surface area contributed by atoms with E-state index in [0.29, 0.717) is 30.6 Å². The van der Waals surface area contributed by atoms with E-state index in [9.17, 15) is 0 Å². The number of rotatable bonds is 8. The fraction of sp³-hybridized carbons (Fsp3) is 0.500. The Hall–Kier alpha value is -1.72. The maximum Gasteiger partial charge on any atom is 0.240 e. The second-order valence-electron chi connectivity index (χ2n) is 5.51. The molecule has 0 saturated heterocycles. The number of nitrogens with one attached hydrogen (secondary N) is 1. The molecule has 0 spiro atoms. The van der Waals surface area contributed by atoms with Gasteiger partial charge in [-0.3, -0.25) is 0 Å². The maximum atomic E-state index is 9.06. The second-order valence-corrected chi connectivity index (χ2v) is 5.51. The van der Waals surface area contributed by atoms with Crippen LogP contribution in [0.2, 0.25) is 0 Å².